The van der Waals surface area contributed by atoms with Crippen LogP contribution in [-0.2, 0) is 0 Å². The van der Waals surface area contributed by atoms with Crippen LogP contribution in [0.5, 0.6) is 0 Å². The fraction of sp³-hybridized carbons (Fsp3) is 0.0833. The summed E-state index contributed by atoms with van der Waals surface area (Å²) in [7, 11) is 0. The maximum atomic E-state index is 10.6. The predicted octanol–water partition coefficient (Wildman–Crippen LogP) is 2.99. The summed E-state index contributed by atoms with van der Waals surface area (Å²) in [6, 6.07) is 5.79. The second-order valence-corrected chi connectivity index (χ2v) is 4.54. The molecule has 0 spiro atoms. The summed E-state index contributed by atoms with van der Waals surface area (Å²) in [5.74, 6) is -0.595. The van der Waals surface area contributed by atoms with Crippen molar-refractivity contribution >= 4 is 33.4 Å². The molecular weight excluding hydrogens is 298 g/mol. The quantitative estimate of drug-likeness (QED) is 0.911. The Morgan fingerprint density at radius 1 is 1.33 bits per heavy atom. The molecule has 0 bridgehead atoms. The van der Waals surface area contributed by atoms with Crippen LogP contribution in [0.4, 0.5) is 11.5 Å². The highest BCUT2D eigenvalue weighted by Crippen LogP contribution is 2.22. The van der Waals surface area contributed by atoms with E-state index in [1.54, 1.807) is 0 Å². The smallest absolute Gasteiger partial charge is 0.356 e. The van der Waals surface area contributed by atoms with Gasteiger partial charge in [-0.1, -0.05) is 22.0 Å². The van der Waals surface area contributed by atoms with Gasteiger partial charge in [0.1, 0.15) is 5.82 Å². The van der Waals surface area contributed by atoms with Crippen LogP contribution in [0.1, 0.15) is 16.1 Å². The fourth-order valence-electron chi connectivity index (χ4n) is 1.32. The summed E-state index contributed by atoms with van der Waals surface area (Å²) < 4.78 is 0.989. The molecule has 2 N–H and O–H groups in total. The Bertz CT molecular complexity index is 584. The largest absolute Gasteiger partial charge is 0.476 e. The Morgan fingerprint density at radius 3 is 2.67 bits per heavy atom. The molecule has 92 valence electrons. The minimum Gasteiger partial charge on any atom is -0.476 e. The number of aromatic carboxylic acids is 1. The number of nitrogens with zero attached hydrogens (tertiary/aromatic N) is 2. The summed E-state index contributed by atoms with van der Waals surface area (Å²) in [6.45, 7) is 2.00. The fourth-order valence-corrected chi connectivity index (χ4v) is 1.70. The van der Waals surface area contributed by atoms with E-state index in [-0.39, 0.29) is 5.69 Å². The number of aromatic nitrogens is 2. The van der Waals surface area contributed by atoms with E-state index in [1.165, 1.54) is 12.4 Å². The van der Waals surface area contributed by atoms with Crippen molar-refractivity contribution < 1.29 is 9.90 Å². The maximum absolute atomic E-state index is 10.6. The van der Waals surface area contributed by atoms with E-state index in [2.05, 4.69) is 31.2 Å². The van der Waals surface area contributed by atoms with Gasteiger partial charge in [-0.05, 0) is 24.6 Å². The molecule has 0 fully saturated rings. The van der Waals surface area contributed by atoms with Crippen LogP contribution in [0.3, 0.4) is 0 Å². The molecule has 0 aliphatic rings. The van der Waals surface area contributed by atoms with Crippen LogP contribution in [0, 0.1) is 6.92 Å². The number of hydrogen-bond donors (Lipinski definition) is 2. The first-order chi connectivity index (χ1) is 8.56. The lowest BCUT2D eigenvalue weighted by Gasteiger charge is -2.06. The molecule has 18 heavy (non-hydrogen) atoms. The molecule has 0 saturated carbocycles. The molecule has 1 aromatic heterocycles. The zero-order chi connectivity index (χ0) is 13.1. The SMILES string of the molecule is Cc1ccc(Nc2cnc(C(=O)O)cn2)cc1Br. The Balaban J connectivity index is 2.18. The van der Waals surface area contributed by atoms with Gasteiger partial charge in [0.15, 0.2) is 5.69 Å². The standard InChI is InChI=1S/C12H10BrN3O2/c1-7-2-3-8(4-9(7)13)16-11-6-14-10(5-15-11)12(17)18/h2-6H,1H3,(H,15,16)(H,17,18). The molecule has 0 saturated heterocycles. The highest BCUT2D eigenvalue weighted by molar-refractivity contribution is 9.10. The number of nitrogens with one attached hydrogen (secondary N) is 1. The highest BCUT2D eigenvalue weighted by atomic mass is 79.9. The third kappa shape index (κ3) is 2.84. The number of carboxylic acids is 1. The zero-order valence-electron chi connectivity index (χ0n) is 9.51. The van der Waals surface area contributed by atoms with Crippen molar-refractivity contribution in [2.75, 3.05) is 5.32 Å². The van der Waals surface area contributed by atoms with Gasteiger partial charge in [0.05, 0.1) is 12.4 Å². The van der Waals surface area contributed by atoms with Crippen molar-refractivity contribution in [2.24, 2.45) is 0 Å². The molecule has 2 aromatic rings. The first-order valence-corrected chi connectivity index (χ1v) is 5.94. The van der Waals surface area contributed by atoms with E-state index in [1.807, 2.05) is 25.1 Å². The monoisotopic (exact) mass is 307 g/mol. The topological polar surface area (TPSA) is 75.1 Å². The summed E-state index contributed by atoms with van der Waals surface area (Å²) in [4.78, 5) is 18.4. The number of anilines is 2. The first-order valence-electron chi connectivity index (χ1n) is 5.15. The molecule has 0 unspecified atom stereocenters. The Hall–Kier alpha value is -1.95. The number of benzene rings is 1. The highest BCUT2D eigenvalue weighted by Gasteiger charge is 2.05. The molecule has 0 aliphatic heterocycles. The molecule has 1 heterocycles. The summed E-state index contributed by atoms with van der Waals surface area (Å²) >= 11 is 3.44. The minimum absolute atomic E-state index is 0.0781. The third-order valence-corrected chi connectivity index (χ3v) is 3.17. The van der Waals surface area contributed by atoms with Crippen molar-refractivity contribution in [1.82, 2.24) is 9.97 Å². The van der Waals surface area contributed by atoms with Crippen molar-refractivity contribution in [1.29, 1.82) is 0 Å². The number of carbonyl (C=O) groups is 1. The maximum Gasteiger partial charge on any atom is 0.356 e. The van der Waals surface area contributed by atoms with Crippen LogP contribution in [-0.4, -0.2) is 21.0 Å². The predicted molar refractivity (Wildman–Crippen MR) is 71.2 cm³/mol. The van der Waals surface area contributed by atoms with E-state index >= 15 is 0 Å². The molecule has 0 amide bonds. The summed E-state index contributed by atoms with van der Waals surface area (Å²) in [6.07, 6.45) is 2.60. The molecular formula is C12H10BrN3O2. The number of halogens is 1. The Morgan fingerprint density at radius 2 is 2.11 bits per heavy atom. The van der Waals surface area contributed by atoms with Gasteiger partial charge >= 0.3 is 5.97 Å². The Kier molecular flexibility index (Phi) is 3.57. The van der Waals surface area contributed by atoms with Crippen LogP contribution >= 0.6 is 15.9 Å². The van der Waals surface area contributed by atoms with E-state index in [0.717, 1.165) is 15.7 Å². The van der Waals surface area contributed by atoms with E-state index in [4.69, 9.17) is 5.11 Å². The number of hydrogen-bond acceptors (Lipinski definition) is 4. The minimum atomic E-state index is -1.09. The van der Waals surface area contributed by atoms with E-state index in [9.17, 15) is 4.79 Å². The van der Waals surface area contributed by atoms with Gasteiger partial charge in [0, 0.05) is 10.2 Å². The molecule has 6 heteroatoms. The van der Waals surface area contributed by atoms with Crippen LogP contribution < -0.4 is 5.32 Å². The van der Waals surface area contributed by atoms with Gasteiger partial charge in [-0.2, -0.15) is 0 Å². The van der Waals surface area contributed by atoms with Crippen LogP contribution in [0.15, 0.2) is 35.1 Å². The number of carboxylic acid groups (broad SMARTS) is 1. The second kappa shape index (κ2) is 5.14. The number of rotatable bonds is 3. The average Bonchev–Trinajstić information content (AvgIpc) is 2.34. The number of aryl methyl sites for hydroxylation is 1. The molecule has 0 radical (unpaired) electrons. The normalized spacial score (nSPS) is 10.1. The van der Waals surface area contributed by atoms with Crippen molar-refractivity contribution in [3.8, 4) is 0 Å². The van der Waals surface area contributed by atoms with Crippen molar-refractivity contribution in [3.05, 3.63) is 46.3 Å². The van der Waals surface area contributed by atoms with Crippen LogP contribution in [0.2, 0.25) is 0 Å². The average molecular weight is 308 g/mol. The molecule has 1 aromatic carbocycles. The summed E-state index contributed by atoms with van der Waals surface area (Å²) in [5, 5.41) is 11.7. The zero-order valence-corrected chi connectivity index (χ0v) is 11.1. The lowest BCUT2D eigenvalue weighted by Crippen LogP contribution is -2.02. The van der Waals surface area contributed by atoms with Gasteiger partial charge in [-0.3, -0.25) is 0 Å². The first kappa shape index (κ1) is 12.5. The van der Waals surface area contributed by atoms with Gasteiger partial charge in [-0.25, -0.2) is 14.8 Å². The molecule has 2 rings (SSSR count). The van der Waals surface area contributed by atoms with Gasteiger partial charge < -0.3 is 10.4 Å². The molecule has 5 nitrogen and oxygen atoms in total. The van der Waals surface area contributed by atoms with Gasteiger partial charge in [0.25, 0.3) is 0 Å². The Labute approximate surface area is 112 Å². The van der Waals surface area contributed by atoms with E-state index < -0.39 is 5.97 Å². The molecule has 0 aliphatic carbocycles. The summed E-state index contributed by atoms with van der Waals surface area (Å²) in [5.41, 5.74) is 1.91. The van der Waals surface area contributed by atoms with E-state index in [0.29, 0.717) is 5.82 Å². The lowest BCUT2D eigenvalue weighted by molar-refractivity contribution is 0.0690. The van der Waals surface area contributed by atoms with Crippen molar-refractivity contribution in [3.63, 3.8) is 0 Å². The second-order valence-electron chi connectivity index (χ2n) is 3.68. The van der Waals surface area contributed by atoms with Crippen molar-refractivity contribution in [2.45, 2.75) is 6.92 Å². The lowest BCUT2D eigenvalue weighted by atomic mass is 10.2. The van der Waals surface area contributed by atoms with Crippen LogP contribution in [0.25, 0.3) is 0 Å². The van der Waals surface area contributed by atoms with Gasteiger partial charge in [-0.15, -0.1) is 0 Å². The third-order valence-electron chi connectivity index (χ3n) is 2.32. The molecule has 0 atom stereocenters. The van der Waals surface area contributed by atoms with Gasteiger partial charge in [0.2, 0.25) is 0 Å².